The molecule has 1 aromatic rings. The first-order valence-electron chi connectivity index (χ1n) is 5.72. The Kier molecular flexibility index (Phi) is 5.41. The molecule has 0 N–H and O–H groups in total. The van der Waals surface area contributed by atoms with Gasteiger partial charge in [0, 0.05) is 24.1 Å². The molecule has 1 aromatic carbocycles. The third kappa shape index (κ3) is 3.90. The monoisotopic (exact) mass is 380 g/mol. The van der Waals surface area contributed by atoms with E-state index in [2.05, 4.69) is 51.5 Å². The quantitative estimate of drug-likeness (QED) is 0.486. The van der Waals surface area contributed by atoms with Crippen LogP contribution in [0.5, 0.6) is 0 Å². The molecular formula is C13H19Br2FSi. The van der Waals surface area contributed by atoms with Gasteiger partial charge in [0.1, 0.15) is 5.82 Å². The zero-order valence-electron chi connectivity index (χ0n) is 10.6. The zero-order valence-corrected chi connectivity index (χ0v) is 14.7. The van der Waals surface area contributed by atoms with Crippen LogP contribution in [0.1, 0.15) is 5.56 Å². The fourth-order valence-electron chi connectivity index (χ4n) is 2.28. The largest absolute Gasteiger partial charge is 0.207 e. The van der Waals surface area contributed by atoms with E-state index in [9.17, 15) is 4.39 Å². The van der Waals surface area contributed by atoms with Gasteiger partial charge in [-0.1, -0.05) is 69.7 Å². The molecule has 0 saturated carbocycles. The van der Waals surface area contributed by atoms with Gasteiger partial charge in [0.05, 0.1) is 0 Å². The summed E-state index contributed by atoms with van der Waals surface area (Å²) in [5, 5.41) is 1.58. The van der Waals surface area contributed by atoms with Gasteiger partial charge >= 0.3 is 0 Å². The molecule has 0 amide bonds. The Labute approximate surface area is 121 Å². The molecular weight excluding hydrogens is 363 g/mol. The van der Waals surface area contributed by atoms with Crippen LogP contribution in [0.4, 0.5) is 4.39 Å². The van der Waals surface area contributed by atoms with Crippen LogP contribution in [0, 0.1) is 5.82 Å². The lowest BCUT2D eigenvalue weighted by atomic mass is 9.86. The van der Waals surface area contributed by atoms with Gasteiger partial charge in [-0.3, -0.25) is 0 Å². The predicted molar refractivity (Wildman–Crippen MR) is 83.8 cm³/mol. The van der Waals surface area contributed by atoms with Crippen molar-refractivity contribution in [3.05, 3.63) is 35.6 Å². The van der Waals surface area contributed by atoms with Crippen LogP contribution >= 0.6 is 31.9 Å². The molecule has 0 aliphatic carbocycles. The number of hydrogen-bond donors (Lipinski definition) is 0. The Balaban J connectivity index is 3.20. The van der Waals surface area contributed by atoms with Crippen LogP contribution in [0.2, 0.25) is 25.7 Å². The highest BCUT2D eigenvalue weighted by Gasteiger charge is 2.37. The molecule has 0 bridgehead atoms. The molecule has 0 aliphatic rings. The molecule has 17 heavy (non-hydrogen) atoms. The Hall–Kier alpha value is 0.327. The van der Waals surface area contributed by atoms with E-state index in [1.165, 1.54) is 0 Å². The fourth-order valence-corrected chi connectivity index (χ4v) is 7.41. The molecule has 0 nitrogen and oxygen atoms in total. The van der Waals surface area contributed by atoms with E-state index in [1.54, 1.807) is 12.1 Å². The normalized spacial score (nSPS) is 12.8. The lowest BCUT2D eigenvalue weighted by Gasteiger charge is -2.36. The highest BCUT2D eigenvalue weighted by atomic mass is 79.9. The Morgan fingerprint density at radius 2 is 1.65 bits per heavy atom. The summed E-state index contributed by atoms with van der Waals surface area (Å²) in [6.07, 6.45) is 0. The first-order chi connectivity index (χ1) is 7.84. The van der Waals surface area contributed by atoms with Crippen molar-refractivity contribution >= 4 is 39.9 Å². The summed E-state index contributed by atoms with van der Waals surface area (Å²) < 4.78 is 14.0. The molecule has 0 aromatic heterocycles. The predicted octanol–water partition coefficient (Wildman–Crippen LogP) is 5.19. The lowest BCUT2D eigenvalue weighted by Crippen LogP contribution is -2.39. The summed E-state index contributed by atoms with van der Waals surface area (Å²) >= 11 is 7.16. The van der Waals surface area contributed by atoms with Gasteiger partial charge in [0.25, 0.3) is 0 Å². The topological polar surface area (TPSA) is 0 Å². The van der Waals surface area contributed by atoms with E-state index in [1.807, 2.05) is 12.1 Å². The average molecular weight is 382 g/mol. The SMILES string of the molecule is C[Si](C)(C)CC(CBr)(CBr)c1ccccc1F. The summed E-state index contributed by atoms with van der Waals surface area (Å²) in [6, 6.07) is 8.21. The van der Waals surface area contributed by atoms with E-state index >= 15 is 0 Å². The molecule has 0 radical (unpaired) electrons. The second kappa shape index (κ2) is 5.98. The molecule has 0 spiro atoms. The van der Waals surface area contributed by atoms with E-state index in [4.69, 9.17) is 0 Å². The maximum Gasteiger partial charge on any atom is 0.127 e. The van der Waals surface area contributed by atoms with Gasteiger partial charge < -0.3 is 0 Å². The third-order valence-corrected chi connectivity index (χ3v) is 6.71. The summed E-state index contributed by atoms with van der Waals surface area (Å²) in [5.74, 6) is -0.0929. The summed E-state index contributed by atoms with van der Waals surface area (Å²) in [6.45, 7) is 6.98. The number of halogens is 3. The second-order valence-corrected chi connectivity index (χ2v) is 12.4. The standard InChI is InChI=1S/C13H19Br2FSi/c1-17(2,3)10-13(8-14,9-15)11-6-4-5-7-12(11)16/h4-7H,8-10H2,1-3H3. The van der Waals surface area contributed by atoms with Crippen molar-refractivity contribution in [2.45, 2.75) is 31.1 Å². The molecule has 0 fully saturated rings. The first kappa shape index (κ1) is 15.4. The molecule has 0 heterocycles. The lowest BCUT2D eigenvalue weighted by molar-refractivity contribution is 0.535. The van der Waals surface area contributed by atoms with Crippen LogP contribution in [-0.4, -0.2) is 18.7 Å². The molecule has 0 atom stereocenters. The van der Waals surface area contributed by atoms with E-state index in [0.29, 0.717) is 0 Å². The van der Waals surface area contributed by atoms with E-state index in [0.717, 1.165) is 22.3 Å². The van der Waals surface area contributed by atoms with Gasteiger partial charge in [-0.2, -0.15) is 0 Å². The molecule has 4 heteroatoms. The van der Waals surface area contributed by atoms with Crippen molar-refractivity contribution < 1.29 is 4.39 Å². The van der Waals surface area contributed by atoms with Gasteiger partial charge in [-0.15, -0.1) is 0 Å². The minimum absolute atomic E-state index is 0.0929. The maximum absolute atomic E-state index is 14.0. The van der Waals surface area contributed by atoms with Crippen LogP contribution in [0.25, 0.3) is 0 Å². The second-order valence-electron chi connectivity index (χ2n) is 5.76. The number of benzene rings is 1. The molecule has 0 aliphatic heterocycles. The Bertz CT molecular complexity index is 370. The number of hydrogen-bond acceptors (Lipinski definition) is 0. The minimum atomic E-state index is -1.27. The number of rotatable bonds is 5. The van der Waals surface area contributed by atoms with Gasteiger partial charge in [-0.05, 0) is 17.7 Å². The van der Waals surface area contributed by atoms with Crippen LogP contribution in [0.3, 0.4) is 0 Å². The summed E-state index contributed by atoms with van der Waals surface area (Å²) in [5.41, 5.74) is 0.701. The minimum Gasteiger partial charge on any atom is -0.207 e. The first-order valence-corrected chi connectivity index (χ1v) is 11.7. The Morgan fingerprint density at radius 1 is 1.12 bits per heavy atom. The Morgan fingerprint density at radius 3 is 2.06 bits per heavy atom. The summed E-state index contributed by atoms with van der Waals surface area (Å²) in [4.78, 5) is 0. The van der Waals surface area contributed by atoms with Crippen molar-refractivity contribution in [1.82, 2.24) is 0 Å². The molecule has 1 rings (SSSR count). The fraction of sp³-hybridized carbons (Fsp3) is 0.538. The van der Waals surface area contributed by atoms with Crippen molar-refractivity contribution in [2.24, 2.45) is 0 Å². The van der Waals surface area contributed by atoms with Crippen molar-refractivity contribution in [3.8, 4) is 0 Å². The molecule has 0 saturated heterocycles. The van der Waals surface area contributed by atoms with Gasteiger partial charge in [0.15, 0.2) is 0 Å². The highest BCUT2D eigenvalue weighted by molar-refractivity contribution is 9.09. The van der Waals surface area contributed by atoms with Crippen molar-refractivity contribution in [3.63, 3.8) is 0 Å². The van der Waals surface area contributed by atoms with Crippen LogP contribution in [0.15, 0.2) is 24.3 Å². The van der Waals surface area contributed by atoms with Crippen LogP contribution < -0.4 is 0 Å². The third-order valence-electron chi connectivity index (χ3n) is 2.83. The van der Waals surface area contributed by atoms with E-state index < -0.39 is 8.07 Å². The van der Waals surface area contributed by atoms with Crippen molar-refractivity contribution in [1.29, 1.82) is 0 Å². The van der Waals surface area contributed by atoms with Gasteiger partial charge in [-0.25, -0.2) is 4.39 Å². The molecule has 96 valence electrons. The zero-order chi connectivity index (χ0) is 13.1. The van der Waals surface area contributed by atoms with Crippen molar-refractivity contribution in [2.75, 3.05) is 10.7 Å². The smallest absolute Gasteiger partial charge is 0.127 e. The highest BCUT2D eigenvalue weighted by Crippen LogP contribution is 2.38. The molecule has 0 unspecified atom stereocenters. The number of alkyl halides is 2. The van der Waals surface area contributed by atoms with Gasteiger partial charge in [0.2, 0.25) is 0 Å². The van der Waals surface area contributed by atoms with Crippen LogP contribution in [-0.2, 0) is 5.41 Å². The van der Waals surface area contributed by atoms with E-state index in [-0.39, 0.29) is 11.2 Å². The average Bonchev–Trinajstić information content (AvgIpc) is 2.25. The maximum atomic E-state index is 14.0. The summed E-state index contributed by atoms with van der Waals surface area (Å²) in [7, 11) is -1.27.